The Morgan fingerprint density at radius 2 is 1.74 bits per heavy atom. The number of likely N-dealkylation sites (N-methyl/N-ethyl adjacent to an activating group) is 1. The fourth-order valence-corrected chi connectivity index (χ4v) is 5.92. The zero-order valence-electron chi connectivity index (χ0n) is 20.2. The molecular formula is C25H30N4O4S2. The highest BCUT2D eigenvalue weighted by Gasteiger charge is 2.29. The van der Waals surface area contributed by atoms with E-state index in [1.54, 1.807) is 23.2 Å². The molecule has 0 aliphatic carbocycles. The van der Waals surface area contributed by atoms with E-state index >= 15 is 0 Å². The largest absolute Gasteiger partial charge is 0.397 e. The molecule has 2 aromatic carbocycles. The summed E-state index contributed by atoms with van der Waals surface area (Å²) in [4.78, 5) is 30.6. The summed E-state index contributed by atoms with van der Waals surface area (Å²) in [6.45, 7) is 8.71. The molecule has 0 unspecified atom stereocenters. The van der Waals surface area contributed by atoms with Gasteiger partial charge in [-0.05, 0) is 41.7 Å². The van der Waals surface area contributed by atoms with Crippen LogP contribution in [0.4, 0.5) is 5.69 Å². The van der Waals surface area contributed by atoms with Gasteiger partial charge in [-0.1, -0.05) is 39.0 Å². The van der Waals surface area contributed by atoms with Crippen LogP contribution in [0.3, 0.4) is 0 Å². The van der Waals surface area contributed by atoms with Gasteiger partial charge in [0.15, 0.2) is 0 Å². The molecule has 35 heavy (non-hydrogen) atoms. The van der Waals surface area contributed by atoms with Gasteiger partial charge in [0.2, 0.25) is 21.7 Å². The van der Waals surface area contributed by atoms with Crippen molar-refractivity contribution in [2.75, 3.05) is 12.3 Å². The van der Waals surface area contributed by atoms with Gasteiger partial charge < -0.3 is 16.4 Å². The minimum atomic E-state index is -4.19. The van der Waals surface area contributed by atoms with Gasteiger partial charge in [-0.2, -0.15) is 0 Å². The topological polar surface area (TPSA) is 136 Å². The van der Waals surface area contributed by atoms with E-state index < -0.39 is 15.7 Å². The van der Waals surface area contributed by atoms with Crippen LogP contribution in [0.1, 0.15) is 54.2 Å². The lowest BCUT2D eigenvalue weighted by molar-refractivity contribution is -0.130. The zero-order chi connectivity index (χ0) is 26.0. The van der Waals surface area contributed by atoms with Crippen LogP contribution in [0.25, 0.3) is 0 Å². The predicted octanol–water partition coefficient (Wildman–Crippen LogP) is 3.55. The second-order valence-electron chi connectivity index (χ2n) is 9.17. The van der Waals surface area contributed by atoms with E-state index in [1.807, 2.05) is 33.1 Å². The van der Waals surface area contributed by atoms with Crippen LogP contribution >= 0.6 is 11.3 Å². The van der Waals surface area contributed by atoms with E-state index in [9.17, 15) is 18.0 Å². The van der Waals surface area contributed by atoms with Crippen LogP contribution in [0.5, 0.6) is 0 Å². The van der Waals surface area contributed by atoms with E-state index in [2.05, 4.69) is 4.98 Å². The maximum atomic E-state index is 13.6. The quantitative estimate of drug-likeness (QED) is 0.441. The predicted molar refractivity (Wildman–Crippen MR) is 137 cm³/mol. The van der Waals surface area contributed by atoms with Gasteiger partial charge in [0.25, 0.3) is 0 Å². The van der Waals surface area contributed by atoms with Crippen molar-refractivity contribution >= 4 is 38.7 Å². The molecule has 0 fully saturated rings. The van der Waals surface area contributed by atoms with Crippen molar-refractivity contribution in [1.29, 1.82) is 0 Å². The minimum absolute atomic E-state index is 0.0119. The maximum absolute atomic E-state index is 13.6. The van der Waals surface area contributed by atoms with Gasteiger partial charge in [0, 0.05) is 18.1 Å². The first-order valence-electron chi connectivity index (χ1n) is 11.1. The second kappa shape index (κ2) is 10.2. The number of nitrogens with zero attached hydrogens (tertiary/aromatic N) is 2. The molecule has 10 heteroatoms. The van der Waals surface area contributed by atoms with E-state index in [0.717, 1.165) is 10.6 Å². The number of sulfone groups is 1. The standard InChI is InChI=1S/C25H30N4O4S2/c1-5-29(15-20-28-12-13-34-20)21(30)14-16-6-11-19(24(27)31)23(22(16)26)35(32,33)18-9-7-17(8-10-18)25(2,3)4/h6-13H,5,14-15,26H2,1-4H3,(H2,27,31). The number of nitrogen functional groups attached to an aromatic ring is 1. The molecule has 0 saturated heterocycles. The van der Waals surface area contributed by atoms with Crippen LogP contribution < -0.4 is 11.5 Å². The third kappa shape index (κ3) is 5.71. The van der Waals surface area contributed by atoms with Crippen molar-refractivity contribution in [1.82, 2.24) is 9.88 Å². The summed E-state index contributed by atoms with van der Waals surface area (Å²) < 4.78 is 27.2. The fraction of sp³-hybridized carbons (Fsp3) is 0.320. The Kier molecular flexibility index (Phi) is 7.66. The molecule has 0 aliphatic heterocycles. The summed E-state index contributed by atoms with van der Waals surface area (Å²) in [6, 6.07) is 9.24. The van der Waals surface area contributed by atoms with Crippen LogP contribution in [-0.4, -0.2) is 36.7 Å². The van der Waals surface area contributed by atoms with E-state index in [0.29, 0.717) is 18.7 Å². The van der Waals surface area contributed by atoms with Gasteiger partial charge in [0.1, 0.15) is 9.90 Å². The summed E-state index contributed by atoms with van der Waals surface area (Å²) in [5, 5.41) is 2.62. The fourth-order valence-electron chi connectivity index (χ4n) is 3.68. The summed E-state index contributed by atoms with van der Waals surface area (Å²) in [7, 11) is -4.19. The van der Waals surface area contributed by atoms with Gasteiger partial charge in [0.05, 0.1) is 29.1 Å². The number of nitrogens with two attached hydrogens (primary N) is 2. The smallest absolute Gasteiger partial charge is 0.250 e. The summed E-state index contributed by atoms with van der Waals surface area (Å²) in [6.07, 6.45) is 1.54. The maximum Gasteiger partial charge on any atom is 0.250 e. The minimum Gasteiger partial charge on any atom is -0.397 e. The van der Waals surface area contributed by atoms with E-state index in [1.165, 1.54) is 35.6 Å². The molecule has 2 amide bonds. The molecule has 0 spiro atoms. The molecule has 0 saturated carbocycles. The number of carbonyl (C=O) groups excluding carboxylic acids is 2. The summed E-state index contributed by atoms with van der Waals surface area (Å²) in [5.41, 5.74) is 12.5. The lowest BCUT2D eigenvalue weighted by Gasteiger charge is -2.21. The van der Waals surface area contributed by atoms with Crippen LogP contribution in [0.15, 0.2) is 57.8 Å². The molecule has 3 rings (SSSR count). The Balaban J connectivity index is 2.01. The Labute approximate surface area is 209 Å². The van der Waals surface area contributed by atoms with Gasteiger partial charge in [-0.25, -0.2) is 13.4 Å². The Hall–Kier alpha value is -3.24. The Morgan fingerprint density at radius 3 is 2.26 bits per heavy atom. The van der Waals surface area contributed by atoms with Crippen molar-refractivity contribution in [3.05, 3.63) is 69.7 Å². The van der Waals surface area contributed by atoms with E-state index in [4.69, 9.17) is 11.5 Å². The Morgan fingerprint density at radius 1 is 1.09 bits per heavy atom. The average Bonchev–Trinajstić information content (AvgIpc) is 3.31. The molecule has 1 heterocycles. The lowest BCUT2D eigenvalue weighted by atomic mass is 9.87. The number of aromatic nitrogens is 1. The van der Waals surface area contributed by atoms with Gasteiger partial charge in [-0.15, -0.1) is 11.3 Å². The summed E-state index contributed by atoms with van der Waals surface area (Å²) in [5.74, 6) is -1.16. The number of primary amides is 1. The van der Waals surface area contributed by atoms with Crippen molar-refractivity contribution in [2.24, 2.45) is 5.73 Å². The first-order valence-corrected chi connectivity index (χ1v) is 13.5. The second-order valence-corrected chi connectivity index (χ2v) is 12.0. The first kappa shape index (κ1) is 26.4. The number of thiazole rings is 1. The van der Waals surface area contributed by atoms with Crippen molar-refractivity contribution in [2.45, 2.75) is 55.9 Å². The zero-order valence-corrected chi connectivity index (χ0v) is 21.9. The normalized spacial score (nSPS) is 11.9. The third-order valence-electron chi connectivity index (χ3n) is 5.74. The molecule has 0 aliphatic rings. The van der Waals surface area contributed by atoms with Crippen molar-refractivity contribution < 1.29 is 18.0 Å². The molecule has 0 radical (unpaired) electrons. The van der Waals surface area contributed by atoms with Crippen molar-refractivity contribution in [3.8, 4) is 0 Å². The third-order valence-corrected chi connectivity index (χ3v) is 8.37. The molecule has 0 atom stereocenters. The first-order chi connectivity index (χ1) is 16.4. The number of carbonyl (C=O) groups is 2. The SMILES string of the molecule is CCN(Cc1nccs1)C(=O)Cc1ccc(C(N)=O)c(S(=O)(=O)c2ccc(C(C)(C)C)cc2)c1N. The molecule has 1 aromatic heterocycles. The number of hydrogen-bond acceptors (Lipinski definition) is 7. The van der Waals surface area contributed by atoms with Gasteiger partial charge in [-0.3, -0.25) is 9.59 Å². The number of anilines is 1. The van der Waals surface area contributed by atoms with Crippen LogP contribution in [0, 0.1) is 0 Å². The molecule has 186 valence electrons. The number of hydrogen-bond donors (Lipinski definition) is 2. The Bertz CT molecular complexity index is 1330. The highest BCUT2D eigenvalue weighted by atomic mass is 32.2. The molecular weight excluding hydrogens is 484 g/mol. The monoisotopic (exact) mass is 514 g/mol. The number of rotatable bonds is 8. The van der Waals surface area contributed by atoms with E-state index in [-0.39, 0.29) is 38.8 Å². The van der Waals surface area contributed by atoms with Gasteiger partial charge >= 0.3 is 0 Å². The summed E-state index contributed by atoms with van der Waals surface area (Å²) >= 11 is 1.44. The highest BCUT2D eigenvalue weighted by molar-refractivity contribution is 7.91. The molecule has 3 aromatic rings. The van der Waals surface area contributed by atoms with Crippen LogP contribution in [-0.2, 0) is 33.0 Å². The molecule has 8 nitrogen and oxygen atoms in total. The number of amides is 2. The lowest BCUT2D eigenvalue weighted by Crippen LogP contribution is -2.32. The highest BCUT2D eigenvalue weighted by Crippen LogP contribution is 2.33. The molecule has 0 bridgehead atoms. The number of benzene rings is 2. The van der Waals surface area contributed by atoms with Crippen molar-refractivity contribution in [3.63, 3.8) is 0 Å². The molecule has 4 N–H and O–H groups in total. The van der Waals surface area contributed by atoms with Crippen LogP contribution in [0.2, 0.25) is 0 Å². The average molecular weight is 515 g/mol.